The zero-order chi connectivity index (χ0) is 9.09. The Hall–Kier alpha value is 0. The Bertz CT molecular complexity index is 194. The minimum atomic E-state index is 0.744. The van der Waals surface area contributed by atoms with Crippen molar-refractivity contribution in [2.75, 3.05) is 0 Å². The molecule has 0 saturated heterocycles. The van der Waals surface area contributed by atoms with Gasteiger partial charge in [-0.15, -0.1) is 0 Å². The molecule has 0 amide bonds. The minimum Gasteiger partial charge on any atom is -0.0625 e. The molecule has 0 aromatic heterocycles. The molecular weight excluding hydrogens is 144 g/mol. The molecule has 12 heavy (non-hydrogen) atoms. The van der Waals surface area contributed by atoms with Crippen LogP contribution in [0.1, 0.15) is 41.0 Å². The predicted octanol–water partition coefficient (Wildman–Crippen LogP) is 3.57. The van der Waals surface area contributed by atoms with Crippen molar-refractivity contribution in [2.45, 2.75) is 41.0 Å². The summed E-state index contributed by atoms with van der Waals surface area (Å²) in [5.74, 6) is 5.00. The highest BCUT2D eigenvalue weighted by Crippen LogP contribution is 2.71. The summed E-state index contributed by atoms with van der Waals surface area (Å²) in [6, 6.07) is 0. The van der Waals surface area contributed by atoms with E-state index in [1.165, 1.54) is 6.42 Å². The van der Waals surface area contributed by atoms with Crippen LogP contribution in [0, 0.1) is 35.0 Å². The summed E-state index contributed by atoms with van der Waals surface area (Å²) in [7, 11) is 0. The lowest BCUT2D eigenvalue weighted by atomic mass is 9.34. The van der Waals surface area contributed by atoms with E-state index in [1.807, 2.05) is 0 Å². The molecular formula is C12H22. The van der Waals surface area contributed by atoms with Gasteiger partial charge in [-0.2, -0.15) is 0 Å². The van der Waals surface area contributed by atoms with E-state index < -0.39 is 0 Å². The Kier molecular flexibility index (Phi) is 1.63. The van der Waals surface area contributed by atoms with E-state index in [0.29, 0.717) is 0 Å². The first-order chi connectivity index (χ1) is 5.48. The average Bonchev–Trinajstić information content (AvgIpc) is 1.98. The van der Waals surface area contributed by atoms with Gasteiger partial charge in [-0.25, -0.2) is 0 Å². The molecule has 0 bridgehead atoms. The van der Waals surface area contributed by atoms with Gasteiger partial charge in [-0.3, -0.25) is 0 Å². The molecule has 2 fully saturated rings. The molecule has 70 valence electrons. The Balaban J connectivity index is 2.07. The van der Waals surface area contributed by atoms with Crippen LogP contribution in [0.15, 0.2) is 0 Å². The topological polar surface area (TPSA) is 0 Å². The standard InChI is InChI=1S/C12H22/c1-7(2)10-6-12(5)9(4)8(3)11(10)12/h7-11H,6H2,1-5H3. The van der Waals surface area contributed by atoms with Crippen LogP contribution in [-0.4, -0.2) is 0 Å². The average molecular weight is 166 g/mol. The maximum Gasteiger partial charge on any atom is -0.0261 e. The van der Waals surface area contributed by atoms with Crippen molar-refractivity contribution >= 4 is 0 Å². The summed E-state index contributed by atoms with van der Waals surface area (Å²) in [4.78, 5) is 0. The number of rotatable bonds is 1. The molecule has 2 aliphatic carbocycles. The number of fused-ring (bicyclic) bond motifs is 1. The van der Waals surface area contributed by atoms with Crippen LogP contribution in [0.3, 0.4) is 0 Å². The van der Waals surface area contributed by atoms with Crippen LogP contribution in [0.25, 0.3) is 0 Å². The highest BCUT2D eigenvalue weighted by Gasteiger charge is 2.65. The summed E-state index contributed by atoms with van der Waals surface area (Å²) < 4.78 is 0. The highest BCUT2D eigenvalue weighted by atomic mass is 14.7. The van der Waals surface area contributed by atoms with Crippen molar-refractivity contribution in [2.24, 2.45) is 35.0 Å². The SMILES string of the molecule is CC(C)C1CC2(C)C(C)C(C)C12. The second-order valence-electron chi connectivity index (χ2n) is 5.79. The quantitative estimate of drug-likeness (QED) is 0.558. The van der Waals surface area contributed by atoms with Crippen LogP contribution < -0.4 is 0 Å². The van der Waals surface area contributed by atoms with Crippen LogP contribution >= 0.6 is 0 Å². The molecule has 0 heterocycles. The van der Waals surface area contributed by atoms with Crippen molar-refractivity contribution in [3.8, 4) is 0 Å². The summed E-state index contributed by atoms with van der Waals surface area (Å²) in [5, 5.41) is 0. The smallest absolute Gasteiger partial charge is 0.0261 e. The Morgan fingerprint density at radius 2 is 1.83 bits per heavy atom. The van der Waals surface area contributed by atoms with E-state index in [4.69, 9.17) is 0 Å². The third-order valence-corrected chi connectivity index (χ3v) is 5.15. The van der Waals surface area contributed by atoms with Crippen LogP contribution in [0.4, 0.5) is 0 Å². The molecule has 5 atom stereocenters. The summed E-state index contributed by atoms with van der Waals surface area (Å²) in [6.45, 7) is 12.2. The van der Waals surface area contributed by atoms with Crippen molar-refractivity contribution in [1.82, 2.24) is 0 Å². The van der Waals surface area contributed by atoms with Crippen LogP contribution in [0.2, 0.25) is 0 Å². The molecule has 0 heteroatoms. The second-order valence-corrected chi connectivity index (χ2v) is 5.79. The van der Waals surface area contributed by atoms with Crippen molar-refractivity contribution in [1.29, 1.82) is 0 Å². The first kappa shape index (κ1) is 8.59. The lowest BCUT2D eigenvalue weighted by molar-refractivity contribution is -0.230. The molecule has 0 aliphatic heterocycles. The van der Waals surface area contributed by atoms with Crippen LogP contribution in [0.5, 0.6) is 0 Å². The molecule has 5 unspecified atom stereocenters. The van der Waals surface area contributed by atoms with Gasteiger partial charge in [-0.1, -0.05) is 34.6 Å². The highest BCUT2D eigenvalue weighted by molar-refractivity contribution is 5.13. The van der Waals surface area contributed by atoms with E-state index in [-0.39, 0.29) is 0 Å². The molecule has 2 rings (SSSR count). The predicted molar refractivity (Wildman–Crippen MR) is 52.9 cm³/mol. The Morgan fingerprint density at radius 1 is 1.25 bits per heavy atom. The fraction of sp³-hybridized carbons (Fsp3) is 1.00. The first-order valence-corrected chi connectivity index (χ1v) is 5.48. The van der Waals surface area contributed by atoms with Gasteiger partial charge < -0.3 is 0 Å². The van der Waals surface area contributed by atoms with E-state index in [9.17, 15) is 0 Å². The van der Waals surface area contributed by atoms with Gasteiger partial charge in [0, 0.05) is 0 Å². The van der Waals surface area contributed by atoms with Gasteiger partial charge in [0.25, 0.3) is 0 Å². The number of hydrogen-bond acceptors (Lipinski definition) is 0. The van der Waals surface area contributed by atoms with Crippen molar-refractivity contribution in [3.05, 3.63) is 0 Å². The van der Waals surface area contributed by atoms with Gasteiger partial charge >= 0.3 is 0 Å². The molecule has 0 N–H and O–H groups in total. The third-order valence-electron chi connectivity index (χ3n) is 5.15. The van der Waals surface area contributed by atoms with Gasteiger partial charge in [0.05, 0.1) is 0 Å². The Morgan fingerprint density at radius 3 is 2.25 bits per heavy atom. The minimum absolute atomic E-state index is 0.744. The molecule has 0 nitrogen and oxygen atoms in total. The maximum absolute atomic E-state index is 2.50. The maximum atomic E-state index is 2.50. The van der Waals surface area contributed by atoms with Gasteiger partial charge in [0.1, 0.15) is 0 Å². The van der Waals surface area contributed by atoms with Gasteiger partial charge in [0.15, 0.2) is 0 Å². The summed E-state index contributed by atoms with van der Waals surface area (Å²) >= 11 is 0. The number of hydrogen-bond donors (Lipinski definition) is 0. The van der Waals surface area contributed by atoms with Crippen molar-refractivity contribution < 1.29 is 0 Å². The lowest BCUT2D eigenvalue weighted by Gasteiger charge is -2.71. The van der Waals surface area contributed by atoms with Gasteiger partial charge in [0.2, 0.25) is 0 Å². The molecule has 0 spiro atoms. The van der Waals surface area contributed by atoms with E-state index in [1.54, 1.807) is 0 Å². The largest absolute Gasteiger partial charge is 0.0625 e. The zero-order valence-electron chi connectivity index (χ0n) is 9.09. The monoisotopic (exact) mass is 166 g/mol. The van der Waals surface area contributed by atoms with E-state index >= 15 is 0 Å². The first-order valence-electron chi connectivity index (χ1n) is 5.48. The zero-order valence-corrected chi connectivity index (χ0v) is 9.09. The van der Waals surface area contributed by atoms with Crippen molar-refractivity contribution in [3.63, 3.8) is 0 Å². The van der Waals surface area contributed by atoms with Gasteiger partial charge in [-0.05, 0) is 41.4 Å². The van der Waals surface area contributed by atoms with E-state index in [2.05, 4.69) is 34.6 Å². The second kappa shape index (κ2) is 2.27. The fourth-order valence-corrected chi connectivity index (χ4v) is 4.02. The molecule has 0 aromatic carbocycles. The lowest BCUT2D eigenvalue weighted by Crippen LogP contribution is -2.65. The molecule has 0 radical (unpaired) electrons. The summed E-state index contributed by atoms with van der Waals surface area (Å²) in [5.41, 5.74) is 0.744. The normalized spacial score (nSPS) is 57.5. The molecule has 2 aliphatic rings. The summed E-state index contributed by atoms with van der Waals surface area (Å²) in [6.07, 6.45) is 1.50. The third kappa shape index (κ3) is 0.744. The molecule has 2 saturated carbocycles. The van der Waals surface area contributed by atoms with Crippen LogP contribution in [-0.2, 0) is 0 Å². The Labute approximate surface area is 76.7 Å². The fourth-order valence-electron chi connectivity index (χ4n) is 4.02. The van der Waals surface area contributed by atoms with E-state index in [0.717, 1.165) is 35.0 Å². The molecule has 0 aromatic rings.